The Morgan fingerprint density at radius 3 is 2.29 bits per heavy atom. The van der Waals surface area contributed by atoms with E-state index in [1.807, 2.05) is 0 Å². The number of carboxylic acid groups (broad SMARTS) is 1. The van der Waals surface area contributed by atoms with Crippen molar-refractivity contribution in [2.75, 3.05) is 0 Å². The summed E-state index contributed by atoms with van der Waals surface area (Å²) < 4.78 is 3.06. The van der Waals surface area contributed by atoms with Gasteiger partial charge in [-0.2, -0.15) is 0 Å². The molecule has 0 unspecified atom stereocenters. The van der Waals surface area contributed by atoms with Crippen molar-refractivity contribution in [3.63, 3.8) is 0 Å². The van der Waals surface area contributed by atoms with Crippen LogP contribution in [0.1, 0.15) is 16.1 Å². The van der Waals surface area contributed by atoms with Crippen LogP contribution < -0.4 is 21.2 Å². The van der Waals surface area contributed by atoms with Gasteiger partial charge in [0.25, 0.3) is 11.2 Å². The van der Waals surface area contributed by atoms with Crippen LogP contribution in [0.25, 0.3) is 24.0 Å². The van der Waals surface area contributed by atoms with Crippen LogP contribution in [0, 0.1) is 10.1 Å². The van der Waals surface area contributed by atoms with Crippen LogP contribution in [0.5, 0.6) is 0 Å². The summed E-state index contributed by atoms with van der Waals surface area (Å²) in [5.41, 5.74) is 1.45. The van der Waals surface area contributed by atoms with Gasteiger partial charge in [-0.1, -0.05) is 18.7 Å². The molecule has 0 radical (unpaired) electrons. The maximum atomic E-state index is 13.0. The number of carboxylic acids is 1. The Morgan fingerprint density at radius 1 is 1.03 bits per heavy atom. The van der Waals surface area contributed by atoms with Crippen LogP contribution in [0.2, 0.25) is 0 Å². The quantitative estimate of drug-likeness (QED) is 0.375. The lowest BCUT2D eigenvalue weighted by Gasteiger charge is -2.06. The predicted octanol–water partition coefficient (Wildman–Crippen LogP) is 0.467. The molecule has 0 amide bonds. The number of hydrogen-bond acceptors (Lipinski definition) is 5. The molecule has 0 spiro atoms. The molecule has 9 heteroatoms. The van der Waals surface area contributed by atoms with Gasteiger partial charge >= 0.3 is 0 Å². The maximum absolute atomic E-state index is 13.0. The molecule has 0 bridgehead atoms. The zero-order valence-electron chi connectivity index (χ0n) is 16.0. The monoisotopic (exact) mass is 415 g/mol. The summed E-state index contributed by atoms with van der Waals surface area (Å²) in [6.45, 7) is 3.89. The highest BCUT2D eigenvalue weighted by Gasteiger charge is 2.09. The third-order valence-electron chi connectivity index (χ3n) is 4.78. The van der Waals surface area contributed by atoms with Gasteiger partial charge in [0.15, 0.2) is 0 Å². The second-order valence-electron chi connectivity index (χ2n) is 6.70. The van der Waals surface area contributed by atoms with E-state index in [0.29, 0.717) is 27.6 Å². The average Bonchev–Trinajstić information content (AvgIpc) is 3.34. The van der Waals surface area contributed by atoms with Gasteiger partial charge in [-0.05, 0) is 48.0 Å². The number of nitrogens with zero attached hydrogens (tertiary/aromatic N) is 3. The molecule has 0 saturated carbocycles. The normalized spacial score (nSPS) is 11.5. The van der Waals surface area contributed by atoms with Crippen molar-refractivity contribution in [2.45, 2.75) is 0 Å². The molecule has 2 aromatic carbocycles. The summed E-state index contributed by atoms with van der Waals surface area (Å²) in [6.07, 6.45) is 3.44. The Labute approximate surface area is 174 Å². The Bertz CT molecular complexity index is 1460. The standard InChI is InChI=1S/C22H16N4O5/c1-14-20(21(27)25(23-14)17-6-4-15(5-7-17)22(28)29)13-19-3-2-12-24(19)16-8-10-18(11-9-16)26(30)31/h2-13,23H,1H2,(H,28,29)/p-1/b20-13-. The van der Waals surface area contributed by atoms with Gasteiger partial charge in [-0.3, -0.25) is 20.0 Å². The number of nitrogens with one attached hydrogen (secondary N) is 1. The molecule has 0 aliphatic heterocycles. The van der Waals surface area contributed by atoms with Gasteiger partial charge in [-0.25, -0.2) is 4.68 Å². The van der Waals surface area contributed by atoms with Crippen molar-refractivity contribution >= 4 is 24.3 Å². The van der Waals surface area contributed by atoms with E-state index in [9.17, 15) is 24.8 Å². The Balaban J connectivity index is 1.77. The number of nitro benzene ring substituents is 1. The number of nitro groups is 1. The number of aromatic carboxylic acids is 1. The molecule has 31 heavy (non-hydrogen) atoms. The van der Waals surface area contributed by atoms with Gasteiger partial charge in [0, 0.05) is 29.7 Å². The minimum atomic E-state index is -1.30. The van der Waals surface area contributed by atoms with Crippen LogP contribution in [-0.4, -0.2) is 25.2 Å². The smallest absolute Gasteiger partial charge is 0.279 e. The Morgan fingerprint density at radius 2 is 1.68 bits per heavy atom. The number of benzene rings is 2. The first-order valence-electron chi connectivity index (χ1n) is 9.11. The minimum Gasteiger partial charge on any atom is -0.545 e. The first-order chi connectivity index (χ1) is 14.8. The number of non-ortho nitro benzene ring substituents is 1. The van der Waals surface area contributed by atoms with E-state index in [2.05, 4.69) is 11.7 Å². The molecule has 0 aliphatic carbocycles. The van der Waals surface area contributed by atoms with Crippen molar-refractivity contribution in [2.24, 2.45) is 0 Å². The Hall–Kier alpha value is -4.66. The van der Waals surface area contributed by atoms with E-state index < -0.39 is 10.9 Å². The van der Waals surface area contributed by atoms with E-state index in [1.165, 1.54) is 41.1 Å². The van der Waals surface area contributed by atoms with Gasteiger partial charge in [0.05, 0.1) is 27.1 Å². The first kappa shape index (κ1) is 19.6. The molecule has 2 aromatic heterocycles. The minimum absolute atomic E-state index is 0.00548. The fourth-order valence-electron chi connectivity index (χ4n) is 3.20. The predicted molar refractivity (Wildman–Crippen MR) is 111 cm³/mol. The van der Waals surface area contributed by atoms with Crippen LogP contribution in [0.4, 0.5) is 5.69 Å². The van der Waals surface area contributed by atoms with Gasteiger partial charge < -0.3 is 14.5 Å². The van der Waals surface area contributed by atoms with E-state index in [1.54, 1.807) is 41.1 Å². The second-order valence-corrected chi connectivity index (χ2v) is 6.70. The van der Waals surface area contributed by atoms with Crippen molar-refractivity contribution < 1.29 is 14.8 Å². The molecule has 0 fully saturated rings. The number of carbonyl (C=O) groups is 1. The lowest BCUT2D eigenvalue weighted by Crippen LogP contribution is -2.34. The highest BCUT2D eigenvalue weighted by Crippen LogP contribution is 2.17. The molecular weight excluding hydrogens is 400 g/mol. The van der Waals surface area contributed by atoms with Crippen molar-refractivity contribution in [1.29, 1.82) is 0 Å². The fraction of sp³-hybridized carbons (Fsp3) is 0. The topological polar surface area (TPSA) is 126 Å². The average molecular weight is 415 g/mol. The zero-order valence-corrected chi connectivity index (χ0v) is 16.0. The number of rotatable bonds is 5. The van der Waals surface area contributed by atoms with Crippen LogP contribution in [0.15, 0.2) is 71.7 Å². The highest BCUT2D eigenvalue weighted by molar-refractivity contribution is 5.85. The molecule has 9 nitrogen and oxygen atoms in total. The molecular formula is C22H15N4O5-. The molecule has 1 N–H and O–H groups in total. The molecule has 0 aliphatic rings. The molecule has 4 rings (SSSR count). The number of carbonyl (C=O) groups excluding carboxylic acids is 1. The van der Waals surface area contributed by atoms with Crippen molar-refractivity contribution in [1.82, 2.24) is 14.3 Å². The maximum Gasteiger partial charge on any atom is 0.279 e. The lowest BCUT2D eigenvalue weighted by atomic mass is 10.2. The van der Waals surface area contributed by atoms with E-state index in [4.69, 9.17) is 0 Å². The van der Waals surface area contributed by atoms with Gasteiger partial charge in [0.1, 0.15) is 0 Å². The summed E-state index contributed by atoms with van der Waals surface area (Å²) in [4.78, 5) is 34.3. The first-order valence-corrected chi connectivity index (χ1v) is 9.11. The molecule has 2 heterocycles. The SMILES string of the molecule is C=c1[nH]n(-c2ccc(C(=O)[O-])cc2)c(=O)/c1=C\c1cccn1-c1ccc([N+](=O)[O-])cc1. The largest absolute Gasteiger partial charge is 0.545 e. The number of H-pyrrole nitrogens is 1. The second kappa shape index (κ2) is 7.64. The van der Waals surface area contributed by atoms with E-state index in [-0.39, 0.29) is 16.8 Å². The lowest BCUT2D eigenvalue weighted by molar-refractivity contribution is -0.384. The molecule has 154 valence electrons. The van der Waals surface area contributed by atoms with Crippen molar-refractivity contribution in [3.8, 4) is 11.4 Å². The molecule has 0 saturated heterocycles. The van der Waals surface area contributed by atoms with Crippen LogP contribution in [0.3, 0.4) is 0 Å². The molecule has 4 aromatic rings. The van der Waals surface area contributed by atoms with Gasteiger partial charge in [-0.15, -0.1) is 0 Å². The van der Waals surface area contributed by atoms with E-state index in [0.717, 1.165) is 0 Å². The molecule has 0 atom stereocenters. The summed E-state index contributed by atoms with van der Waals surface area (Å²) >= 11 is 0. The Kier molecular flexibility index (Phi) is 4.84. The third-order valence-corrected chi connectivity index (χ3v) is 4.78. The summed E-state index contributed by atoms with van der Waals surface area (Å²) in [5.74, 6) is -1.30. The summed E-state index contributed by atoms with van der Waals surface area (Å²) in [6, 6.07) is 15.3. The van der Waals surface area contributed by atoms with E-state index >= 15 is 0 Å². The van der Waals surface area contributed by atoms with Crippen molar-refractivity contribution in [3.05, 3.63) is 109 Å². The number of aromatic amines is 1. The van der Waals surface area contributed by atoms with Gasteiger partial charge in [0.2, 0.25) is 0 Å². The summed E-state index contributed by atoms with van der Waals surface area (Å²) in [5, 5.41) is 25.4. The van der Waals surface area contributed by atoms with Crippen LogP contribution >= 0.6 is 0 Å². The third kappa shape index (κ3) is 3.67. The van der Waals surface area contributed by atoms with Crippen LogP contribution in [-0.2, 0) is 0 Å². The highest BCUT2D eigenvalue weighted by atomic mass is 16.6. The summed E-state index contributed by atoms with van der Waals surface area (Å²) in [7, 11) is 0. The fourth-order valence-corrected chi connectivity index (χ4v) is 3.20. The number of aromatic nitrogens is 3. The zero-order chi connectivity index (χ0) is 22.1. The number of hydrogen-bond donors (Lipinski definition) is 1.